The predicted octanol–water partition coefficient (Wildman–Crippen LogP) is 4.09. The van der Waals surface area contributed by atoms with Gasteiger partial charge in [0.2, 0.25) is 0 Å². The van der Waals surface area contributed by atoms with E-state index >= 15 is 0 Å². The van der Waals surface area contributed by atoms with E-state index in [-0.39, 0.29) is 0 Å². The quantitative estimate of drug-likeness (QED) is 0.541. The Hall–Kier alpha value is -2.47. The van der Waals surface area contributed by atoms with Crippen molar-refractivity contribution >= 4 is 17.2 Å². The number of amides is 1. The van der Waals surface area contributed by atoms with Gasteiger partial charge in [0, 0.05) is 24.5 Å². The third-order valence-electron chi connectivity index (χ3n) is 4.76. The fourth-order valence-electron chi connectivity index (χ4n) is 3.44. The van der Waals surface area contributed by atoms with Crippen LogP contribution in [0.25, 0.3) is 10.4 Å². The highest BCUT2D eigenvalue weighted by atomic mass is 32.1. The fraction of sp³-hybridized carbons (Fsp3) is 0.190. The lowest BCUT2D eigenvalue weighted by Gasteiger charge is -2.28. The molecule has 1 aliphatic rings. The van der Waals surface area contributed by atoms with Crippen LogP contribution in [-0.2, 0) is 19.5 Å². The Morgan fingerprint density at radius 3 is 2.77 bits per heavy atom. The second kappa shape index (κ2) is 7.41. The van der Waals surface area contributed by atoms with Gasteiger partial charge in [-0.05, 0) is 46.9 Å². The first-order valence-corrected chi connectivity index (χ1v) is 9.47. The Balaban J connectivity index is 1.50. The number of nitrogens with zero attached hydrogens (tertiary/aromatic N) is 1. The van der Waals surface area contributed by atoms with E-state index in [0.29, 0.717) is 4.88 Å². The zero-order valence-corrected chi connectivity index (χ0v) is 15.1. The van der Waals surface area contributed by atoms with Crippen molar-refractivity contribution in [3.05, 3.63) is 82.2 Å². The summed E-state index contributed by atoms with van der Waals surface area (Å²) in [5.74, 6) is -0.468. The molecule has 132 valence electrons. The van der Waals surface area contributed by atoms with Crippen molar-refractivity contribution in [3.8, 4) is 10.4 Å². The summed E-state index contributed by atoms with van der Waals surface area (Å²) in [6.45, 7) is 2.97. The van der Waals surface area contributed by atoms with E-state index in [9.17, 15) is 4.79 Å². The minimum absolute atomic E-state index is 0.468. The van der Waals surface area contributed by atoms with Gasteiger partial charge < -0.3 is 0 Å². The van der Waals surface area contributed by atoms with E-state index in [4.69, 9.17) is 5.21 Å². The summed E-state index contributed by atoms with van der Waals surface area (Å²) in [4.78, 5) is 15.5. The Labute approximate surface area is 156 Å². The highest BCUT2D eigenvalue weighted by molar-refractivity contribution is 7.17. The zero-order valence-electron chi connectivity index (χ0n) is 14.3. The number of fused-ring (bicyclic) bond motifs is 1. The minimum Gasteiger partial charge on any atom is -0.294 e. The number of thiophene rings is 1. The molecule has 1 aliphatic heterocycles. The van der Waals surface area contributed by atoms with Crippen molar-refractivity contribution in [2.45, 2.75) is 19.5 Å². The zero-order chi connectivity index (χ0) is 17.9. The van der Waals surface area contributed by atoms with Crippen molar-refractivity contribution in [1.82, 2.24) is 10.4 Å². The molecule has 26 heavy (non-hydrogen) atoms. The maximum atomic E-state index is 11.5. The van der Waals surface area contributed by atoms with Gasteiger partial charge >= 0.3 is 0 Å². The molecule has 0 bridgehead atoms. The summed E-state index contributed by atoms with van der Waals surface area (Å²) in [5.41, 5.74) is 6.94. The lowest BCUT2D eigenvalue weighted by atomic mass is 9.99. The van der Waals surface area contributed by atoms with Gasteiger partial charge in [0.1, 0.15) is 0 Å². The Morgan fingerprint density at radius 1 is 1.08 bits per heavy atom. The minimum atomic E-state index is -0.468. The molecule has 0 fully saturated rings. The van der Waals surface area contributed by atoms with E-state index < -0.39 is 5.91 Å². The summed E-state index contributed by atoms with van der Waals surface area (Å²) in [5, 5.41) is 8.77. The van der Waals surface area contributed by atoms with Gasteiger partial charge in [-0.2, -0.15) is 0 Å². The highest BCUT2D eigenvalue weighted by Gasteiger charge is 2.16. The molecule has 2 heterocycles. The molecule has 2 aromatic carbocycles. The van der Waals surface area contributed by atoms with Crippen LogP contribution in [0.2, 0.25) is 0 Å². The summed E-state index contributed by atoms with van der Waals surface area (Å²) in [7, 11) is 0. The highest BCUT2D eigenvalue weighted by Crippen LogP contribution is 2.29. The topological polar surface area (TPSA) is 52.6 Å². The average Bonchev–Trinajstić information content (AvgIpc) is 3.18. The van der Waals surface area contributed by atoms with Crippen LogP contribution in [0.5, 0.6) is 0 Å². The molecule has 3 aromatic rings. The van der Waals surface area contributed by atoms with E-state index in [1.54, 1.807) is 11.5 Å². The number of carbonyl (C=O) groups excluding carboxylic acids is 1. The standard InChI is InChI=1S/C21H20N2O2S/c24-21(22-25)20-9-8-19(26-20)17-7-3-4-15(12-17)13-23-11-10-16-5-1-2-6-18(16)14-23/h1-9,12,25H,10-11,13-14H2,(H,22,24). The molecule has 0 spiro atoms. The molecule has 0 atom stereocenters. The summed E-state index contributed by atoms with van der Waals surface area (Å²) in [6.07, 6.45) is 1.10. The second-order valence-electron chi connectivity index (χ2n) is 6.53. The largest absolute Gasteiger partial charge is 0.294 e. The van der Waals surface area contributed by atoms with E-state index in [0.717, 1.165) is 36.5 Å². The fourth-order valence-corrected chi connectivity index (χ4v) is 4.33. The number of benzene rings is 2. The van der Waals surface area contributed by atoms with Crippen molar-refractivity contribution in [2.24, 2.45) is 0 Å². The molecule has 0 saturated carbocycles. The van der Waals surface area contributed by atoms with Crippen LogP contribution in [0.1, 0.15) is 26.4 Å². The van der Waals surface area contributed by atoms with Crippen LogP contribution in [0.4, 0.5) is 0 Å². The maximum absolute atomic E-state index is 11.5. The summed E-state index contributed by atoms with van der Waals surface area (Å²) >= 11 is 1.38. The second-order valence-corrected chi connectivity index (χ2v) is 7.62. The van der Waals surface area contributed by atoms with Crippen LogP contribution >= 0.6 is 11.3 Å². The number of hydrogen-bond donors (Lipinski definition) is 2. The number of hydroxylamine groups is 1. The van der Waals surface area contributed by atoms with E-state index in [1.165, 1.54) is 28.0 Å². The number of hydrogen-bond acceptors (Lipinski definition) is 4. The smallest absolute Gasteiger partial charge is 0.284 e. The van der Waals surface area contributed by atoms with E-state index in [1.807, 2.05) is 6.07 Å². The Bertz CT molecular complexity index is 935. The molecule has 0 saturated heterocycles. The first kappa shape index (κ1) is 17.0. The molecule has 0 aliphatic carbocycles. The molecular weight excluding hydrogens is 344 g/mol. The SMILES string of the molecule is O=C(NO)c1ccc(-c2cccc(CN3CCc4ccccc4C3)c2)s1. The van der Waals surface area contributed by atoms with Crippen molar-refractivity contribution < 1.29 is 10.0 Å². The number of rotatable bonds is 4. The predicted molar refractivity (Wildman–Crippen MR) is 103 cm³/mol. The molecular formula is C21H20N2O2S. The van der Waals surface area contributed by atoms with Crippen LogP contribution in [-0.4, -0.2) is 22.6 Å². The molecule has 0 radical (unpaired) electrons. The molecule has 4 rings (SSSR count). The lowest BCUT2D eigenvalue weighted by molar-refractivity contribution is 0.0711. The van der Waals surface area contributed by atoms with Gasteiger partial charge in [0.05, 0.1) is 4.88 Å². The molecule has 2 N–H and O–H groups in total. The normalized spacial score (nSPS) is 14.0. The Morgan fingerprint density at radius 2 is 1.92 bits per heavy atom. The first-order valence-electron chi connectivity index (χ1n) is 8.65. The van der Waals surface area contributed by atoms with Gasteiger partial charge in [-0.3, -0.25) is 14.9 Å². The van der Waals surface area contributed by atoms with E-state index in [2.05, 4.69) is 53.4 Å². The number of carbonyl (C=O) groups is 1. The molecule has 5 heteroatoms. The number of nitrogens with one attached hydrogen (secondary N) is 1. The van der Waals surface area contributed by atoms with Gasteiger partial charge in [-0.1, -0.05) is 42.5 Å². The summed E-state index contributed by atoms with van der Waals surface area (Å²) < 4.78 is 0. The molecule has 1 amide bonds. The molecule has 0 unspecified atom stereocenters. The van der Waals surface area contributed by atoms with Gasteiger partial charge in [-0.25, -0.2) is 5.48 Å². The van der Waals surface area contributed by atoms with Crippen LogP contribution in [0.15, 0.2) is 60.7 Å². The Kier molecular flexibility index (Phi) is 4.84. The van der Waals surface area contributed by atoms with Crippen LogP contribution in [0.3, 0.4) is 0 Å². The van der Waals surface area contributed by atoms with Crippen LogP contribution < -0.4 is 5.48 Å². The van der Waals surface area contributed by atoms with Crippen molar-refractivity contribution in [2.75, 3.05) is 6.54 Å². The third-order valence-corrected chi connectivity index (χ3v) is 5.89. The van der Waals surface area contributed by atoms with Crippen LogP contribution in [0, 0.1) is 0 Å². The molecule has 1 aromatic heterocycles. The van der Waals surface area contributed by atoms with Gasteiger partial charge in [0.25, 0.3) is 5.91 Å². The lowest BCUT2D eigenvalue weighted by Crippen LogP contribution is -2.29. The first-order chi connectivity index (χ1) is 12.7. The average molecular weight is 364 g/mol. The van der Waals surface area contributed by atoms with Crippen molar-refractivity contribution in [3.63, 3.8) is 0 Å². The molecule has 4 nitrogen and oxygen atoms in total. The maximum Gasteiger partial charge on any atom is 0.284 e. The third kappa shape index (κ3) is 3.55. The monoisotopic (exact) mass is 364 g/mol. The van der Waals surface area contributed by atoms with Gasteiger partial charge in [0.15, 0.2) is 0 Å². The van der Waals surface area contributed by atoms with Gasteiger partial charge in [-0.15, -0.1) is 11.3 Å². The summed E-state index contributed by atoms with van der Waals surface area (Å²) in [6, 6.07) is 20.8. The van der Waals surface area contributed by atoms with Crippen molar-refractivity contribution in [1.29, 1.82) is 0 Å².